The average Bonchev–Trinajstić information content (AvgIpc) is 3.34. The summed E-state index contributed by atoms with van der Waals surface area (Å²) >= 11 is 0. The minimum Gasteiger partial charge on any atom is -0.311 e. The lowest BCUT2D eigenvalue weighted by Crippen LogP contribution is -2.28. The zero-order valence-electron chi connectivity index (χ0n) is 36.9. The predicted octanol–water partition coefficient (Wildman–Crippen LogP) is 6.92. The van der Waals surface area contributed by atoms with Gasteiger partial charge in [-0.1, -0.05) is 109 Å². The number of rotatable bonds is 0. The Bertz CT molecular complexity index is 2300. The molecule has 8 aromatic rings. The summed E-state index contributed by atoms with van der Waals surface area (Å²) in [4.78, 5) is 9.91. The van der Waals surface area contributed by atoms with E-state index in [9.17, 15) is 0 Å². The summed E-state index contributed by atoms with van der Waals surface area (Å²) in [6, 6.07) is 48.2. The maximum Gasteiger partial charge on any atom is 0.0545 e. The molecule has 0 unspecified atom stereocenters. The van der Waals surface area contributed by atoms with Crippen LogP contribution in [0.1, 0.15) is 45.0 Å². The number of nitrogens with one attached hydrogen (secondary N) is 8. The van der Waals surface area contributed by atoms with E-state index in [0.717, 1.165) is 127 Å². The Balaban J connectivity index is 0.875. The second-order valence-electron chi connectivity index (χ2n) is 16.8. The fourth-order valence-corrected chi connectivity index (χ4v) is 9.26. The molecule has 0 saturated heterocycles. The summed E-state index contributed by atoms with van der Waals surface area (Å²) in [5, 5.41) is 39.9. The lowest BCUT2D eigenvalue weighted by Gasteiger charge is -2.18. The van der Waals surface area contributed by atoms with Crippen LogP contribution in [-0.4, -0.2) is 62.3 Å². The van der Waals surface area contributed by atoms with Crippen LogP contribution in [0.25, 0.3) is 43.1 Å². The van der Waals surface area contributed by atoms with Crippen LogP contribution in [0.4, 0.5) is 0 Å². The van der Waals surface area contributed by atoms with Crippen molar-refractivity contribution in [2.75, 3.05) is 52.4 Å². The van der Waals surface area contributed by atoms with Crippen molar-refractivity contribution in [2.45, 2.75) is 52.4 Å². The Kier molecular flexibility index (Phi) is 15.2. The van der Waals surface area contributed by atoms with E-state index in [1.165, 1.54) is 65.3 Å². The molecule has 8 bridgehead atoms. The van der Waals surface area contributed by atoms with E-state index in [1.807, 2.05) is 0 Å². The van der Waals surface area contributed by atoms with Gasteiger partial charge in [0, 0.05) is 105 Å². The highest BCUT2D eigenvalue weighted by Gasteiger charge is 2.15. The topological polar surface area (TPSA) is 122 Å². The molecule has 0 spiro atoms. The standard InChI is InChI=1S/C54H62N10/c1-2-16-44-43(15-1)51-35-59-27-23-55-31-39-11-9-13-41(63-39)33-57-25-29-61-37-53-47-19-5-7-21-49(47)54(50-22-8-6-20-48(50)53)38-62-30-26-58-34-42-14-10-12-40(64-42)32-56-24-28-60-36-52(44)46-18-4-3-17-45(46)51/h1-22,55-62H,23-38H2. The summed E-state index contributed by atoms with van der Waals surface area (Å²) in [5.74, 6) is 0. The van der Waals surface area contributed by atoms with Gasteiger partial charge in [0.2, 0.25) is 0 Å². The van der Waals surface area contributed by atoms with Crippen LogP contribution in [0.3, 0.4) is 0 Å². The number of nitrogens with zero attached hydrogens (tertiary/aromatic N) is 2. The second kappa shape index (κ2) is 22.3. The smallest absolute Gasteiger partial charge is 0.0545 e. The quantitative estimate of drug-likeness (QED) is 0.0765. The van der Waals surface area contributed by atoms with Gasteiger partial charge in [-0.25, -0.2) is 0 Å². The first kappa shape index (κ1) is 43.6. The molecule has 8 N–H and O–H groups in total. The monoisotopic (exact) mass is 851 g/mol. The molecule has 0 atom stereocenters. The molecule has 0 fully saturated rings. The predicted molar refractivity (Wildman–Crippen MR) is 265 cm³/mol. The minimum absolute atomic E-state index is 0.734. The molecule has 64 heavy (non-hydrogen) atoms. The molecule has 1 aliphatic heterocycles. The molecule has 1 aliphatic rings. The van der Waals surface area contributed by atoms with Crippen LogP contribution in [0.5, 0.6) is 0 Å². The van der Waals surface area contributed by atoms with Gasteiger partial charge < -0.3 is 42.5 Å². The van der Waals surface area contributed by atoms with Crippen molar-refractivity contribution in [2.24, 2.45) is 0 Å². The summed E-state index contributed by atoms with van der Waals surface area (Å²) in [7, 11) is 0. The highest BCUT2D eigenvalue weighted by molar-refractivity contribution is 6.07. The van der Waals surface area contributed by atoms with Crippen molar-refractivity contribution in [3.63, 3.8) is 0 Å². The molecule has 0 radical (unpaired) electrons. The van der Waals surface area contributed by atoms with Gasteiger partial charge in [0.1, 0.15) is 0 Å². The Labute approximate surface area is 377 Å². The third-order valence-corrected chi connectivity index (χ3v) is 12.4. The average molecular weight is 851 g/mol. The third-order valence-electron chi connectivity index (χ3n) is 12.4. The molecule has 10 heteroatoms. The zero-order chi connectivity index (χ0) is 43.2. The Morgan fingerprint density at radius 3 is 0.609 bits per heavy atom. The van der Waals surface area contributed by atoms with Crippen LogP contribution in [-0.2, 0) is 52.4 Å². The highest BCUT2D eigenvalue weighted by Crippen LogP contribution is 2.34. The summed E-state index contributed by atoms with van der Waals surface area (Å²) < 4.78 is 0. The maximum absolute atomic E-state index is 4.95. The Hall–Kier alpha value is -5.66. The molecule has 3 heterocycles. The Morgan fingerprint density at radius 2 is 0.406 bits per heavy atom. The van der Waals surface area contributed by atoms with Crippen LogP contribution in [0, 0.1) is 0 Å². The molecule has 6 aromatic carbocycles. The number of fused-ring (bicyclic) bond motifs is 10. The molecular weight excluding hydrogens is 789 g/mol. The van der Waals surface area contributed by atoms with E-state index in [1.54, 1.807) is 0 Å². The SMILES string of the molecule is c1cc2nc(c1)CNCCNCc1c3ccccc3c(c3ccccc13)CNCCNCc1cccc(n1)CNCCNCc1c3ccccc3c(c3ccccc13)CNCCNC2. The molecule has 0 amide bonds. The third kappa shape index (κ3) is 10.8. The second-order valence-corrected chi connectivity index (χ2v) is 16.8. The number of benzene rings is 6. The molecule has 0 saturated carbocycles. The molecule has 2 aromatic heterocycles. The van der Waals surface area contributed by atoms with Gasteiger partial charge in [-0.2, -0.15) is 0 Å². The normalized spacial score (nSPS) is 16.5. The maximum atomic E-state index is 4.95. The number of pyridine rings is 2. The zero-order valence-corrected chi connectivity index (χ0v) is 36.9. The number of hydrogen-bond donors (Lipinski definition) is 8. The van der Waals surface area contributed by atoms with Crippen molar-refractivity contribution in [3.8, 4) is 0 Å². The van der Waals surface area contributed by atoms with Gasteiger partial charge in [-0.15, -0.1) is 0 Å². The summed E-state index contributed by atoms with van der Waals surface area (Å²) in [6.07, 6.45) is 0. The van der Waals surface area contributed by atoms with Gasteiger partial charge in [0.25, 0.3) is 0 Å². The molecule has 0 aliphatic carbocycles. The van der Waals surface area contributed by atoms with Crippen LogP contribution in [0.15, 0.2) is 133 Å². The van der Waals surface area contributed by atoms with E-state index >= 15 is 0 Å². The first-order valence-electron chi connectivity index (χ1n) is 23.2. The van der Waals surface area contributed by atoms with E-state index < -0.39 is 0 Å². The fraction of sp³-hybridized carbons (Fsp3) is 0.296. The lowest BCUT2D eigenvalue weighted by atomic mass is 9.91. The highest BCUT2D eigenvalue weighted by atomic mass is 15.0. The molecule has 9 rings (SSSR count). The number of hydrogen-bond acceptors (Lipinski definition) is 10. The fourth-order valence-electron chi connectivity index (χ4n) is 9.26. The first-order valence-corrected chi connectivity index (χ1v) is 23.2. The summed E-state index contributed by atoms with van der Waals surface area (Å²) in [6.45, 7) is 13.0. The van der Waals surface area contributed by atoms with Gasteiger partial charge in [0.15, 0.2) is 0 Å². The van der Waals surface area contributed by atoms with Gasteiger partial charge >= 0.3 is 0 Å². The van der Waals surface area contributed by atoms with Crippen molar-refractivity contribution >= 4 is 43.1 Å². The van der Waals surface area contributed by atoms with E-state index in [0.29, 0.717) is 0 Å². The van der Waals surface area contributed by atoms with E-state index in [4.69, 9.17) is 9.97 Å². The van der Waals surface area contributed by atoms with Gasteiger partial charge in [0.05, 0.1) is 22.8 Å². The van der Waals surface area contributed by atoms with E-state index in [-0.39, 0.29) is 0 Å². The summed E-state index contributed by atoms with van der Waals surface area (Å²) in [5.41, 5.74) is 9.65. The molecule has 328 valence electrons. The molecule has 10 nitrogen and oxygen atoms in total. The van der Waals surface area contributed by atoms with Crippen LogP contribution in [0.2, 0.25) is 0 Å². The first-order chi connectivity index (χ1) is 31.8. The van der Waals surface area contributed by atoms with Crippen molar-refractivity contribution < 1.29 is 0 Å². The Morgan fingerprint density at radius 1 is 0.219 bits per heavy atom. The van der Waals surface area contributed by atoms with Crippen molar-refractivity contribution in [3.05, 3.63) is 178 Å². The van der Waals surface area contributed by atoms with Crippen molar-refractivity contribution in [1.82, 2.24) is 52.5 Å². The van der Waals surface area contributed by atoms with Crippen LogP contribution >= 0.6 is 0 Å². The molecular formula is C54H62N10. The van der Waals surface area contributed by atoms with Gasteiger partial charge in [-0.05, 0) is 89.6 Å². The van der Waals surface area contributed by atoms with Crippen molar-refractivity contribution in [1.29, 1.82) is 0 Å². The lowest BCUT2D eigenvalue weighted by molar-refractivity contribution is 0.596. The van der Waals surface area contributed by atoms with Crippen LogP contribution < -0.4 is 42.5 Å². The van der Waals surface area contributed by atoms with E-state index in [2.05, 4.69) is 176 Å². The minimum atomic E-state index is 0.734. The number of aromatic nitrogens is 2. The van der Waals surface area contributed by atoms with Gasteiger partial charge in [-0.3, -0.25) is 9.97 Å². The largest absolute Gasteiger partial charge is 0.311 e.